The first-order valence-corrected chi connectivity index (χ1v) is 9.16. The van der Waals surface area contributed by atoms with Gasteiger partial charge in [-0.15, -0.1) is 0 Å². The molecule has 1 unspecified atom stereocenters. The fourth-order valence-corrected chi connectivity index (χ4v) is 4.54. The third-order valence-electron chi connectivity index (χ3n) is 4.26. The number of hydrogen-bond donors (Lipinski definition) is 1. The van der Waals surface area contributed by atoms with Crippen LogP contribution in [-0.4, -0.2) is 53.8 Å². The monoisotopic (exact) mass is 374 g/mol. The van der Waals surface area contributed by atoms with Crippen molar-refractivity contribution in [2.75, 3.05) is 26.2 Å². The summed E-state index contributed by atoms with van der Waals surface area (Å²) in [6.07, 6.45) is 3.17. The summed E-state index contributed by atoms with van der Waals surface area (Å²) in [5, 5.41) is 0. The smallest absolute Gasteiger partial charge is 0.249 e. The van der Waals surface area contributed by atoms with Crippen LogP contribution >= 0.6 is 0 Å². The highest BCUT2D eigenvalue weighted by Gasteiger charge is 2.38. The van der Waals surface area contributed by atoms with Gasteiger partial charge in [0, 0.05) is 44.2 Å². The van der Waals surface area contributed by atoms with E-state index >= 15 is 0 Å². The highest BCUT2D eigenvalue weighted by atomic mass is 32.2. The van der Waals surface area contributed by atoms with Crippen LogP contribution in [-0.2, 0) is 10.0 Å². The molecule has 1 N–H and O–H groups in total. The van der Waals surface area contributed by atoms with E-state index in [1.807, 2.05) is 11.8 Å². The molecule has 0 amide bonds. The minimum atomic E-state index is -4.45. The molecule has 1 atom stereocenters. The Labute approximate surface area is 143 Å². The molecule has 1 aromatic heterocycles. The first-order valence-electron chi connectivity index (χ1n) is 7.72. The summed E-state index contributed by atoms with van der Waals surface area (Å²) in [5.74, 6) is -3.48. The second kappa shape index (κ2) is 6.77. The van der Waals surface area contributed by atoms with Crippen LogP contribution in [0, 0.1) is 17.5 Å². The topological polar surface area (TPSA) is 69.3 Å². The molecule has 0 spiro atoms. The number of hydrogen-bond acceptors (Lipinski definition) is 4. The summed E-state index contributed by atoms with van der Waals surface area (Å²) < 4.78 is 67.5. The van der Waals surface area contributed by atoms with Crippen molar-refractivity contribution in [2.24, 2.45) is 0 Å². The van der Waals surface area contributed by atoms with Gasteiger partial charge in [-0.2, -0.15) is 4.31 Å². The lowest BCUT2D eigenvalue weighted by atomic mass is 10.2. The Morgan fingerprint density at radius 2 is 1.92 bits per heavy atom. The molecule has 25 heavy (non-hydrogen) atoms. The second-order valence-corrected chi connectivity index (χ2v) is 7.56. The minimum Gasteiger partial charge on any atom is -0.347 e. The van der Waals surface area contributed by atoms with Crippen LogP contribution in [0.2, 0.25) is 0 Å². The molecule has 2 aromatic rings. The molecular weight excluding hydrogens is 357 g/mol. The van der Waals surface area contributed by atoms with Gasteiger partial charge in [-0.05, 0) is 6.54 Å². The maximum atomic E-state index is 14.0. The van der Waals surface area contributed by atoms with E-state index in [1.165, 1.54) is 0 Å². The van der Waals surface area contributed by atoms with Crippen LogP contribution in [0.1, 0.15) is 18.8 Å². The number of nitrogens with one attached hydrogen (secondary N) is 1. The molecule has 1 saturated heterocycles. The Hall–Kier alpha value is -1.91. The number of nitrogens with zero attached hydrogens (tertiary/aromatic N) is 3. The lowest BCUT2D eigenvalue weighted by Gasteiger charge is -2.39. The number of imidazole rings is 1. The standard InChI is InChI=1S/C15H17F3N4O2S/c1-2-21-5-6-22(9-13(21)15-19-3-4-20-15)25(23,24)14-11(17)7-10(16)8-12(14)18/h3-4,7-8,13H,2,5-6,9H2,1H3,(H,19,20). The van der Waals surface area contributed by atoms with Gasteiger partial charge < -0.3 is 4.98 Å². The Balaban J connectivity index is 1.96. The van der Waals surface area contributed by atoms with Crippen LogP contribution in [0.5, 0.6) is 0 Å². The Kier molecular flexibility index (Phi) is 4.85. The number of H-pyrrole nitrogens is 1. The number of halogens is 3. The number of sulfonamides is 1. The van der Waals surface area contributed by atoms with Gasteiger partial charge in [0.05, 0.1) is 6.04 Å². The van der Waals surface area contributed by atoms with Crippen molar-refractivity contribution < 1.29 is 21.6 Å². The third-order valence-corrected chi connectivity index (χ3v) is 6.17. The molecule has 1 fully saturated rings. The first kappa shape index (κ1) is 17.9. The van der Waals surface area contributed by atoms with E-state index in [1.54, 1.807) is 12.4 Å². The highest BCUT2D eigenvalue weighted by Crippen LogP contribution is 2.29. The summed E-state index contributed by atoms with van der Waals surface area (Å²) in [6.45, 7) is 3.03. The van der Waals surface area contributed by atoms with Crippen LogP contribution in [0.15, 0.2) is 29.4 Å². The normalized spacial score (nSPS) is 20.1. The molecule has 0 aliphatic carbocycles. The Bertz CT molecular complexity index is 835. The van der Waals surface area contributed by atoms with Gasteiger partial charge in [0.25, 0.3) is 0 Å². The van der Waals surface area contributed by atoms with Crippen LogP contribution in [0.4, 0.5) is 13.2 Å². The average molecular weight is 374 g/mol. The van der Waals surface area contributed by atoms with E-state index in [-0.39, 0.29) is 19.1 Å². The van der Waals surface area contributed by atoms with E-state index in [4.69, 9.17) is 0 Å². The predicted octanol–water partition coefficient (Wildman–Crippen LogP) is 1.89. The molecule has 1 aliphatic heterocycles. The number of aromatic nitrogens is 2. The highest BCUT2D eigenvalue weighted by molar-refractivity contribution is 7.89. The fourth-order valence-electron chi connectivity index (χ4n) is 3.02. The van der Waals surface area contributed by atoms with Crippen LogP contribution in [0.3, 0.4) is 0 Å². The number of piperazine rings is 1. The lowest BCUT2D eigenvalue weighted by Crippen LogP contribution is -2.50. The summed E-state index contributed by atoms with van der Waals surface area (Å²) in [7, 11) is -4.45. The summed E-state index contributed by atoms with van der Waals surface area (Å²) >= 11 is 0. The van der Waals surface area contributed by atoms with Crippen molar-refractivity contribution in [3.05, 3.63) is 47.8 Å². The van der Waals surface area contributed by atoms with Crippen LogP contribution < -0.4 is 0 Å². The van der Waals surface area contributed by atoms with Gasteiger partial charge in [0.2, 0.25) is 10.0 Å². The van der Waals surface area contributed by atoms with Gasteiger partial charge in [-0.3, -0.25) is 4.90 Å². The summed E-state index contributed by atoms with van der Waals surface area (Å²) in [4.78, 5) is 7.99. The van der Waals surface area contributed by atoms with E-state index < -0.39 is 32.4 Å². The van der Waals surface area contributed by atoms with Gasteiger partial charge in [0.1, 0.15) is 23.3 Å². The lowest BCUT2D eigenvalue weighted by molar-refractivity contribution is 0.119. The maximum absolute atomic E-state index is 14.0. The molecule has 0 bridgehead atoms. The molecule has 1 aliphatic rings. The van der Waals surface area contributed by atoms with Crippen molar-refractivity contribution in [3.8, 4) is 0 Å². The number of benzene rings is 1. The number of rotatable bonds is 4. The van der Waals surface area contributed by atoms with Gasteiger partial charge >= 0.3 is 0 Å². The van der Waals surface area contributed by atoms with Crippen LogP contribution in [0.25, 0.3) is 0 Å². The number of likely N-dealkylation sites (N-methyl/N-ethyl adjacent to an activating group) is 1. The van der Waals surface area contributed by atoms with E-state index in [2.05, 4.69) is 9.97 Å². The van der Waals surface area contributed by atoms with Crippen molar-refractivity contribution in [1.29, 1.82) is 0 Å². The zero-order chi connectivity index (χ0) is 18.2. The second-order valence-electron chi connectivity index (χ2n) is 5.68. The quantitative estimate of drug-likeness (QED) is 0.888. The zero-order valence-electron chi connectivity index (χ0n) is 13.4. The van der Waals surface area contributed by atoms with E-state index in [0.29, 0.717) is 31.0 Å². The largest absolute Gasteiger partial charge is 0.347 e. The molecule has 6 nitrogen and oxygen atoms in total. The van der Waals surface area contributed by atoms with Gasteiger partial charge in [-0.25, -0.2) is 26.6 Å². The van der Waals surface area contributed by atoms with Gasteiger partial charge in [-0.1, -0.05) is 6.92 Å². The van der Waals surface area contributed by atoms with Crippen molar-refractivity contribution in [2.45, 2.75) is 17.9 Å². The SMILES string of the molecule is CCN1CCN(S(=O)(=O)c2c(F)cc(F)cc2F)CC1c1ncc[nH]1. The average Bonchev–Trinajstić information content (AvgIpc) is 3.07. The Morgan fingerprint density at radius 1 is 1.24 bits per heavy atom. The third kappa shape index (κ3) is 3.29. The summed E-state index contributed by atoms with van der Waals surface area (Å²) in [6, 6.07) is 0.361. The molecule has 0 saturated carbocycles. The molecule has 10 heteroatoms. The van der Waals surface area contributed by atoms with Crippen molar-refractivity contribution in [1.82, 2.24) is 19.2 Å². The van der Waals surface area contributed by atoms with Gasteiger partial charge in [0.15, 0.2) is 4.90 Å². The molecule has 2 heterocycles. The van der Waals surface area contributed by atoms with E-state index in [0.717, 1.165) is 4.31 Å². The molecule has 3 rings (SSSR count). The fraction of sp³-hybridized carbons (Fsp3) is 0.400. The molecule has 136 valence electrons. The van der Waals surface area contributed by atoms with Crippen molar-refractivity contribution >= 4 is 10.0 Å². The number of aromatic amines is 1. The molecular formula is C15H17F3N4O2S. The van der Waals surface area contributed by atoms with Crippen molar-refractivity contribution in [3.63, 3.8) is 0 Å². The zero-order valence-corrected chi connectivity index (χ0v) is 14.2. The maximum Gasteiger partial charge on any atom is 0.249 e. The first-order chi connectivity index (χ1) is 11.8. The molecule has 0 radical (unpaired) electrons. The van der Waals surface area contributed by atoms with E-state index in [9.17, 15) is 21.6 Å². The minimum absolute atomic E-state index is 0.0139. The summed E-state index contributed by atoms with van der Waals surface area (Å²) in [5.41, 5.74) is 0. The molecule has 1 aromatic carbocycles. The predicted molar refractivity (Wildman–Crippen MR) is 83.7 cm³/mol. The Morgan fingerprint density at radius 3 is 2.48 bits per heavy atom.